The molecule has 0 saturated carbocycles. The zero-order valence-corrected chi connectivity index (χ0v) is 16.3. The second-order valence-electron chi connectivity index (χ2n) is 6.32. The highest BCUT2D eigenvalue weighted by Crippen LogP contribution is 2.27. The molecule has 0 fully saturated rings. The molecule has 0 atom stereocenters. The number of halogens is 1. The Balaban J connectivity index is 1.75. The lowest BCUT2D eigenvalue weighted by atomic mass is 10.0. The lowest BCUT2D eigenvalue weighted by Gasteiger charge is -2.15. The van der Waals surface area contributed by atoms with Gasteiger partial charge in [-0.05, 0) is 54.3 Å². The summed E-state index contributed by atoms with van der Waals surface area (Å²) in [5, 5.41) is 0.577. The van der Waals surface area contributed by atoms with Crippen molar-refractivity contribution in [2.75, 3.05) is 13.2 Å². The topological polar surface area (TPSA) is 76.7 Å². The Hall–Kier alpha value is -2.73. The Bertz CT molecular complexity index is 791. The van der Waals surface area contributed by atoms with E-state index in [0.717, 1.165) is 11.1 Å². The number of carbonyl (C=O) groups excluding carboxylic acids is 2. The first-order valence-corrected chi connectivity index (χ1v) is 8.92. The fraction of sp³-hybridized carbons (Fsp3) is 0.300. The lowest BCUT2D eigenvalue weighted by molar-refractivity contribution is -0.131. The summed E-state index contributed by atoms with van der Waals surface area (Å²) in [6.45, 7) is 5.62. The molecule has 0 aliphatic rings. The summed E-state index contributed by atoms with van der Waals surface area (Å²) in [6.07, 6.45) is 0. The van der Waals surface area contributed by atoms with Crippen LogP contribution in [0.1, 0.15) is 30.9 Å². The van der Waals surface area contributed by atoms with Gasteiger partial charge >= 0.3 is 0 Å². The molecule has 0 bridgehead atoms. The van der Waals surface area contributed by atoms with Gasteiger partial charge in [0, 0.05) is 5.02 Å². The van der Waals surface area contributed by atoms with Crippen LogP contribution in [0.4, 0.5) is 0 Å². The predicted molar refractivity (Wildman–Crippen MR) is 104 cm³/mol. The first-order valence-electron chi connectivity index (χ1n) is 8.54. The second-order valence-corrected chi connectivity index (χ2v) is 6.76. The van der Waals surface area contributed by atoms with Crippen molar-refractivity contribution in [2.45, 2.75) is 26.7 Å². The standard InChI is InChI=1S/C20H23ClN2O4/c1-13(2)17-9-4-14(3)10-18(17)27-12-20(25)23-22-19(24)11-26-16-7-5-15(21)6-8-16/h4-10,13H,11-12H2,1-3H3,(H,22,24)(H,23,25). The minimum absolute atomic E-state index is 0.207. The first-order chi connectivity index (χ1) is 12.8. The molecule has 2 N–H and O–H groups in total. The molecule has 27 heavy (non-hydrogen) atoms. The molecule has 0 heterocycles. The van der Waals surface area contributed by atoms with Crippen molar-refractivity contribution in [1.29, 1.82) is 0 Å². The molecule has 0 unspecified atom stereocenters. The normalized spacial score (nSPS) is 10.4. The number of carbonyl (C=O) groups is 2. The minimum atomic E-state index is -0.489. The molecule has 0 radical (unpaired) electrons. The Labute approximate surface area is 163 Å². The van der Waals surface area contributed by atoms with Crippen molar-refractivity contribution in [3.8, 4) is 11.5 Å². The maximum Gasteiger partial charge on any atom is 0.276 e. The van der Waals surface area contributed by atoms with Gasteiger partial charge in [0.05, 0.1) is 0 Å². The van der Waals surface area contributed by atoms with E-state index in [-0.39, 0.29) is 19.1 Å². The van der Waals surface area contributed by atoms with Crippen molar-refractivity contribution in [2.24, 2.45) is 0 Å². The van der Waals surface area contributed by atoms with Crippen LogP contribution >= 0.6 is 11.6 Å². The Kier molecular flexibility index (Phi) is 7.49. The highest BCUT2D eigenvalue weighted by molar-refractivity contribution is 6.30. The van der Waals surface area contributed by atoms with E-state index in [0.29, 0.717) is 16.5 Å². The van der Waals surface area contributed by atoms with Gasteiger partial charge in [0.25, 0.3) is 11.8 Å². The summed E-state index contributed by atoms with van der Waals surface area (Å²) in [5.74, 6) is 0.485. The average Bonchev–Trinajstić information content (AvgIpc) is 2.64. The second kappa shape index (κ2) is 9.83. The van der Waals surface area contributed by atoms with Crippen LogP contribution in [-0.2, 0) is 9.59 Å². The number of amides is 2. The van der Waals surface area contributed by atoms with Crippen molar-refractivity contribution >= 4 is 23.4 Å². The maximum absolute atomic E-state index is 11.9. The van der Waals surface area contributed by atoms with Gasteiger partial charge in [0.2, 0.25) is 0 Å². The predicted octanol–water partition coefficient (Wildman–Crippen LogP) is 3.38. The fourth-order valence-electron chi connectivity index (χ4n) is 2.28. The molecule has 144 valence electrons. The minimum Gasteiger partial charge on any atom is -0.484 e. The molecule has 2 rings (SSSR count). The van der Waals surface area contributed by atoms with Crippen LogP contribution in [0.5, 0.6) is 11.5 Å². The van der Waals surface area contributed by atoms with Gasteiger partial charge < -0.3 is 9.47 Å². The van der Waals surface area contributed by atoms with Gasteiger partial charge in [-0.1, -0.05) is 37.6 Å². The number of ether oxygens (including phenoxy) is 2. The molecule has 0 saturated heterocycles. The van der Waals surface area contributed by atoms with E-state index >= 15 is 0 Å². The number of hydrogen-bond acceptors (Lipinski definition) is 4. The van der Waals surface area contributed by atoms with E-state index in [4.69, 9.17) is 21.1 Å². The number of rotatable bonds is 7. The Morgan fingerprint density at radius 3 is 2.15 bits per heavy atom. The number of benzene rings is 2. The van der Waals surface area contributed by atoms with Crippen molar-refractivity contribution in [1.82, 2.24) is 10.9 Å². The smallest absolute Gasteiger partial charge is 0.276 e. The highest BCUT2D eigenvalue weighted by Gasteiger charge is 2.11. The number of nitrogens with one attached hydrogen (secondary N) is 2. The van der Waals surface area contributed by atoms with Crippen LogP contribution in [0.3, 0.4) is 0 Å². The van der Waals surface area contributed by atoms with Crippen molar-refractivity contribution < 1.29 is 19.1 Å². The summed E-state index contributed by atoms with van der Waals surface area (Å²) in [5.41, 5.74) is 6.64. The average molecular weight is 391 g/mol. The molecule has 0 spiro atoms. The molecule has 0 aromatic heterocycles. The van der Waals surface area contributed by atoms with Gasteiger partial charge in [-0.3, -0.25) is 20.4 Å². The molecule has 0 aliphatic heterocycles. The van der Waals surface area contributed by atoms with Gasteiger partial charge in [0.1, 0.15) is 11.5 Å². The van der Waals surface area contributed by atoms with Crippen LogP contribution in [0.2, 0.25) is 5.02 Å². The molecule has 6 nitrogen and oxygen atoms in total. The van der Waals surface area contributed by atoms with E-state index in [1.54, 1.807) is 24.3 Å². The van der Waals surface area contributed by atoms with Crippen LogP contribution < -0.4 is 20.3 Å². The maximum atomic E-state index is 11.9. The zero-order valence-electron chi connectivity index (χ0n) is 15.5. The van der Waals surface area contributed by atoms with Crippen LogP contribution in [0.25, 0.3) is 0 Å². The SMILES string of the molecule is Cc1ccc(C(C)C)c(OCC(=O)NNC(=O)COc2ccc(Cl)cc2)c1. The van der Waals surface area contributed by atoms with Gasteiger partial charge in [-0.2, -0.15) is 0 Å². The van der Waals surface area contributed by atoms with Crippen molar-refractivity contribution in [3.05, 3.63) is 58.6 Å². The summed E-state index contributed by atoms with van der Waals surface area (Å²) in [6, 6.07) is 12.5. The quantitative estimate of drug-likeness (QED) is 0.710. The first kappa shape index (κ1) is 20.6. The number of hydrogen-bond donors (Lipinski definition) is 2. The van der Waals surface area contributed by atoms with Crippen LogP contribution in [0, 0.1) is 6.92 Å². The van der Waals surface area contributed by atoms with Gasteiger partial charge in [0.15, 0.2) is 13.2 Å². The Morgan fingerprint density at radius 1 is 0.963 bits per heavy atom. The third-order valence-corrected chi connectivity index (χ3v) is 3.93. The van der Waals surface area contributed by atoms with E-state index in [1.165, 1.54) is 0 Å². The zero-order chi connectivity index (χ0) is 19.8. The van der Waals surface area contributed by atoms with E-state index in [2.05, 4.69) is 24.7 Å². The lowest BCUT2D eigenvalue weighted by Crippen LogP contribution is -2.45. The molecule has 7 heteroatoms. The summed E-state index contributed by atoms with van der Waals surface area (Å²) in [7, 11) is 0. The van der Waals surface area contributed by atoms with E-state index in [9.17, 15) is 9.59 Å². The van der Waals surface area contributed by atoms with E-state index < -0.39 is 11.8 Å². The van der Waals surface area contributed by atoms with Crippen molar-refractivity contribution in [3.63, 3.8) is 0 Å². The number of aryl methyl sites for hydroxylation is 1. The van der Waals surface area contributed by atoms with Crippen LogP contribution in [0.15, 0.2) is 42.5 Å². The number of hydrazine groups is 1. The molecular weight excluding hydrogens is 368 g/mol. The van der Waals surface area contributed by atoms with Crippen LogP contribution in [-0.4, -0.2) is 25.0 Å². The molecule has 0 aliphatic carbocycles. The molecular formula is C20H23ClN2O4. The van der Waals surface area contributed by atoms with E-state index in [1.807, 2.05) is 25.1 Å². The van der Waals surface area contributed by atoms with Gasteiger partial charge in [-0.25, -0.2) is 0 Å². The van der Waals surface area contributed by atoms with Gasteiger partial charge in [-0.15, -0.1) is 0 Å². The molecule has 2 aromatic rings. The Morgan fingerprint density at radius 2 is 1.56 bits per heavy atom. The summed E-state index contributed by atoms with van der Waals surface area (Å²) >= 11 is 5.77. The largest absolute Gasteiger partial charge is 0.484 e. The molecule has 2 amide bonds. The summed E-state index contributed by atoms with van der Waals surface area (Å²) < 4.78 is 10.9. The monoisotopic (exact) mass is 390 g/mol. The fourth-order valence-corrected chi connectivity index (χ4v) is 2.40. The third-order valence-electron chi connectivity index (χ3n) is 3.67. The summed E-state index contributed by atoms with van der Waals surface area (Å²) in [4.78, 5) is 23.6. The molecule has 2 aromatic carbocycles. The third kappa shape index (κ3) is 6.83. The highest BCUT2D eigenvalue weighted by atomic mass is 35.5.